The molecule has 0 aliphatic rings. The van der Waals surface area contributed by atoms with Crippen molar-refractivity contribution in [3.05, 3.63) is 66.0 Å². The highest BCUT2D eigenvalue weighted by molar-refractivity contribution is 5.82. The number of rotatable bonds is 4. The van der Waals surface area contributed by atoms with E-state index in [-0.39, 0.29) is 11.8 Å². The van der Waals surface area contributed by atoms with Gasteiger partial charge in [-0.3, -0.25) is 5.10 Å². The summed E-state index contributed by atoms with van der Waals surface area (Å²) in [4.78, 5) is 0. The molecule has 7 heteroatoms. The normalized spacial score (nSPS) is 10.9. The molecule has 1 heterocycles. The third-order valence-corrected chi connectivity index (χ3v) is 3.32. The van der Waals surface area contributed by atoms with Crippen molar-refractivity contribution in [2.24, 2.45) is 21.7 Å². The van der Waals surface area contributed by atoms with Crippen LogP contribution >= 0.6 is 0 Å². The molecule has 0 spiro atoms. The van der Waals surface area contributed by atoms with Gasteiger partial charge >= 0.3 is 0 Å². The van der Waals surface area contributed by atoms with Crippen LogP contribution in [0.4, 0.5) is 4.39 Å². The molecule has 0 atom stereocenters. The van der Waals surface area contributed by atoms with Gasteiger partial charge in [0.05, 0.1) is 17.6 Å². The monoisotopic (exact) mass is 322 g/mol. The highest BCUT2D eigenvalue weighted by Gasteiger charge is 2.06. The second kappa shape index (κ2) is 6.74. The molecule has 6 nitrogen and oxygen atoms in total. The summed E-state index contributed by atoms with van der Waals surface area (Å²) in [5, 5.41) is 14.5. The van der Waals surface area contributed by atoms with Crippen LogP contribution in [0.5, 0.6) is 0 Å². The van der Waals surface area contributed by atoms with Crippen molar-refractivity contribution >= 4 is 12.2 Å². The summed E-state index contributed by atoms with van der Waals surface area (Å²) in [5.41, 5.74) is 14.7. The van der Waals surface area contributed by atoms with Gasteiger partial charge in [0.25, 0.3) is 0 Å². The van der Waals surface area contributed by atoms with Crippen LogP contribution in [-0.4, -0.2) is 22.4 Å². The van der Waals surface area contributed by atoms with E-state index in [0.717, 1.165) is 28.1 Å². The molecular formula is C17H15FN6. The minimum Gasteiger partial charge on any atom is -0.369 e. The molecule has 0 saturated heterocycles. The lowest BCUT2D eigenvalue weighted by molar-refractivity contribution is 0.628. The van der Waals surface area contributed by atoms with E-state index < -0.39 is 0 Å². The second-order valence-corrected chi connectivity index (χ2v) is 5.07. The van der Waals surface area contributed by atoms with Crippen LogP contribution in [0.3, 0.4) is 0 Å². The molecule has 0 aliphatic carbocycles. The zero-order chi connectivity index (χ0) is 16.9. The molecule has 0 fully saturated rings. The van der Waals surface area contributed by atoms with Crippen LogP contribution < -0.4 is 11.5 Å². The van der Waals surface area contributed by atoms with Gasteiger partial charge in [0.2, 0.25) is 5.96 Å². The molecule has 0 aliphatic heterocycles. The van der Waals surface area contributed by atoms with Crippen molar-refractivity contribution in [2.45, 2.75) is 0 Å². The Bertz CT molecular complexity index is 874. The van der Waals surface area contributed by atoms with E-state index in [0.29, 0.717) is 0 Å². The van der Waals surface area contributed by atoms with Crippen LogP contribution in [0.1, 0.15) is 5.56 Å². The first-order valence-electron chi connectivity index (χ1n) is 7.15. The van der Waals surface area contributed by atoms with Crippen LogP contribution in [-0.2, 0) is 0 Å². The fourth-order valence-electron chi connectivity index (χ4n) is 2.15. The zero-order valence-corrected chi connectivity index (χ0v) is 12.6. The molecule has 120 valence electrons. The minimum atomic E-state index is -0.267. The molecule has 24 heavy (non-hydrogen) atoms. The Balaban J connectivity index is 1.79. The minimum absolute atomic E-state index is 0.0901. The Morgan fingerprint density at radius 2 is 1.67 bits per heavy atom. The smallest absolute Gasteiger partial charge is 0.211 e. The lowest BCUT2D eigenvalue weighted by Crippen LogP contribution is -2.21. The van der Waals surface area contributed by atoms with Gasteiger partial charge in [0.15, 0.2) is 0 Å². The maximum Gasteiger partial charge on any atom is 0.211 e. The van der Waals surface area contributed by atoms with Gasteiger partial charge in [0, 0.05) is 5.56 Å². The Morgan fingerprint density at radius 1 is 1.00 bits per heavy atom. The van der Waals surface area contributed by atoms with Crippen LogP contribution in [0.15, 0.2) is 64.8 Å². The van der Waals surface area contributed by atoms with E-state index in [1.54, 1.807) is 18.3 Å². The van der Waals surface area contributed by atoms with Crippen LogP contribution in [0.25, 0.3) is 22.5 Å². The molecular weight excluding hydrogens is 307 g/mol. The van der Waals surface area contributed by atoms with Crippen molar-refractivity contribution < 1.29 is 4.39 Å². The quantitative estimate of drug-likeness (QED) is 0.390. The highest BCUT2D eigenvalue weighted by Crippen LogP contribution is 2.24. The summed E-state index contributed by atoms with van der Waals surface area (Å²) < 4.78 is 13.0. The third kappa shape index (κ3) is 3.64. The summed E-state index contributed by atoms with van der Waals surface area (Å²) in [6.45, 7) is 0. The number of nitrogens with zero attached hydrogens (tertiary/aromatic N) is 3. The highest BCUT2D eigenvalue weighted by atomic mass is 19.1. The maximum absolute atomic E-state index is 13.0. The van der Waals surface area contributed by atoms with Crippen molar-refractivity contribution in [1.82, 2.24) is 10.2 Å². The van der Waals surface area contributed by atoms with E-state index in [1.165, 1.54) is 12.1 Å². The fourth-order valence-corrected chi connectivity index (χ4v) is 2.15. The molecule has 0 radical (unpaired) electrons. The van der Waals surface area contributed by atoms with Gasteiger partial charge in [-0.05, 0) is 41.5 Å². The number of H-pyrrole nitrogens is 1. The summed E-state index contributed by atoms with van der Waals surface area (Å²) in [6, 6.07) is 15.8. The molecule has 0 bridgehead atoms. The number of halogens is 1. The number of guanidine groups is 1. The summed E-state index contributed by atoms with van der Waals surface area (Å²) in [6.07, 6.45) is 1.55. The summed E-state index contributed by atoms with van der Waals surface area (Å²) in [7, 11) is 0. The average molecular weight is 322 g/mol. The second-order valence-electron chi connectivity index (χ2n) is 5.07. The standard InChI is InChI=1S/C17H15FN6/c18-14-7-5-13(6-8-14)16-9-15(22-23-16)12-3-1-11(2-4-12)10-21-24-17(19)20/h1-10H,(H,22,23)(H4,19,20,24)/b21-10+. The van der Waals surface area contributed by atoms with E-state index in [4.69, 9.17) is 11.5 Å². The molecule has 3 aromatic rings. The number of aromatic nitrogens is 2. The van der Waals surface area contributed by atoms with Crippen molar-refractivity contribution in [1.29, 1.82) is 0 Å². The number of hydrogen-bond acceptors (Lipinski definition) is 3. The molecule has 0 amide bonds. The number of benzene rings is 2. The topological polar surface area (TPSA) is 105 Å². The largest absolute Gasteiger partial charge is 0.369 e. The van der Waals surface area contributed by atoms with Crippen LogP contribution in [0, 0.1) is 5.82 Å². The molecule has 0 saturated carbocycles. The SMILES string of the molecule is NC(N)=N/N=C/c1ccc(-c2cc(-c3ccc(F)cc3)[nH]n2)cc1. The van der Waals surface area contributed by atoms with Crippen molar-refractivity contribution in [2.75, 3.05) is 0 Å². The van der Waals surface area contributed by atoms with Gasteiger partial charge in [-0.25, -0.2) is 4.39 Å². The number of nitrogens with one attached hydrogen (secondary N) is 1. The molecule has 2 aromatic carbocycles. The Kier molecular flexibility index (Phi) is 4.33. The average Bonchev–Trinajstić information content (AvgIpc) is 3.06. The first-order chi connectivity index (χ1) is 11.6. The van der Waals surface area contributed by atoms with E-state index in [1.807, 2.05) is 30.3 Å². The van der Waals surface area contributed by atoms with E-state index in [9.17, 15) is 4.39 Å². The fraction of sp³-hybridized carbons (Fsp3) is 0. The van der Waals surface area contributed by atoms with Gasteiger partial charge in [-0.15, -0.1) is 5.10 Å². The Hall–Kier alpha value is -3.48. The zero-order valence-electron chi connectivity index (χ0n) is 12.6. The lowest BCUT2D eigenvalue weighted by Gasteiger charge is -1.97. The maximum atomic E-state index is 13.0. The Labute approximate surface area is 137 Å². The molecule has 5 N–H and O–H groups in total. The number of nitrogens with two attached hydrogens (primary N) is 2. The Morgan fingerprint density at radius 3 is 2.33 bits per heavy atom. The first-order valence-corrected chi connectivity index (χ1v) is 7.15. The third-order valence-electron chi connectivity index (χ3n) is 3.32. The summed E-state index contributed by atoms with van der Waals surface area (Å²) >= 11 is 0. The predicted octanol–water partition coefficient (Wildman–Crippen LogP) is 2.49. The number of hydrogen-bond donors (Lipinski definition) is 3. The number of aromatic amines is 1. The summed E-state index contributed by atoms with van der Waals surface area (Å²) in [5.74, 6) is -0.357. The van der Waals surface area contributed by atoms with Crippen molar-refractivity contribution in [3.63, 3.8) is 0 Å². The van der Waals surface area contributed by atoms with Gasteiger partial charge in [-0.1, -0.05) is 24.3 Å². The predicted molar refractivity (Wildman–Crippen MR) is 92.8 cm³/mol. The van der Waals surface area contributed by atoms with Crippen molar-refractivity contribution in [3.8, 4) is 22.5 Å². The molecule has 1 aromatic heterocycles. The van der Waals surface area contributed by atoms with Gasteiger partial charge < -0.3 is 11.5 Å². The molecule has 0 unspecified atom stereocenters. The lowest BCUT2D eigenvalue weighted by atomic mass is 10.1. The van der Waals surface area contributed by atoms with Gasteiger partial charge in [0.1, 0.15) is 5.82 Å². The van der Waals surface area contributed by atoms with Crippen LogP contribution in [0.2, 0.25) is 0 Å². The van der Waals surface area contributed by atoms with E-state index in [2.05, 4.69) is 20.4 Å². The van der Waals surface area contributed by atoms with Gasteiger partial charge in [-0.2, -0.15) is 10.2 Å². The molecule has 3 rings (SSSR count). The first kappa shape index (κ1) is 15.4. The van der Waals surface area contributed by atoms with E-state index >= 15 is 0 Å².